The van der Waals surface area contributed by atoms with E-state index in [2.05, 4.69) is 17.6 Å². The normalized spacial score (nSPS) is 11.4. The maximum Gasteiger partial charge on any atom is 0.346 e. The van der Waals surface area contributed by atoms with Gasteiger partial charge in [0, 0.05) is 29.1 Å². The number of rotatable bonds is 4. The molecule has 0 N–H and O–H groups in total. The molecule has 0 fully saturated rings. The first kappa shape index (κ1) is 14.8. The summed E-state index contributed by atoms with van der Waals surface area (Å²) in [5.74, 6) is 0.619. The van der Waals surface area contributed by atoms with Crippen molar-refractivity contribution in [2.45, 2.75) is 26.3 Å². The van der Waals surface area contributed by atoms with E-state index < -0.39 is 0 Å². The molecule has 0 aliphatic heterocycles. The summed E-state index contributed by atoms with van der Waals surface area (Å²) in [4.78, 5) is 12.7. The van der Waals surface area contributed by atoms with Crippen LogP contribution in [0.4, 0.5) is 0 Å². The Morgan fingerprint density at radius 2 is 1.71 bits per heavy atom. The number of fused-ring (bicyclic) bond motifs is 3. The van der Waals surface area contributed by atoms with Gasteiger partial charge in [-0.25, -0.2) is 4.79 Å². The number of benzene rings is 2. The van der Waals surface area contributed by atoms with Gasteiger partial charge in [-0.15, -0.1) is 0 Å². The molecule has 2 heterocycles. The van der Waals surface area contributed by atoms with Crippen molar-refractivity contribution in [3.63, 3.8) is 0 Å². The summed E-state index contributed by atoms with van der Waals surface area (Å²) >= 11 is 0. The maximum atomic E-state index is 12.7. The van der Waals surface area contributed by atoms with Crippen LogP contribution in [0.1, 0.15) is 19.8 Å². The zero-order chi connectivity index (χ0) is 16.5. The van der Waals surface area contributed by atoms with Gasteiger partial charge < -0.3 is 8.98 Å². The predicted octanol–water partition coefficient (Wildman–Crippen LogP) is 5.21. The second-order valence-corrected chi connectivity index (χ2v) is 6.05. The lowest BCUT2D eigenvalue weighted by atomic mass is 10.1. The number of aryl methyl sites for hydroxylation is 1. The Kier molecular flexibility index (Phi) is 3.69. The molecule has 0 radical (unpaired) electrons. The van der Waals surface area contributed by atoms with E-state index in [-0.39, 0.29) is 5.63 Å². The van der Waals surface area contributed by atoms with Crippen molar-refractivity contribution in [2.75, 3.05) is 0 Å². The molecular weight excluding hydrogens is 298 g/mol. The van der Waals surface area contributed by atoms with Gasteiger partial charge >= 0.3 is 5.63 Å². The monoisotopic (exact) mass is 317 g/mol. The van der Waals surface area contributed by atoms with E-state index in [9.17, 15) is 4.79 Å². The minimum atomic E-state index is -0.266. The molecule has 3 nitrogen and oxygen atoms in total. The zero-order valence-electron chi connectivity index (χ0n) is 13.7. The van der Waals surface area contributed by atoms with Crippen LogP contribution in [0.2, 0.25) is 0 Å². The van der Waals surface area contributed by atoms with Crippen LogP contribution >= 0.6 is 0 Å². The molecule has 4 aromatic rings. The molecule has 2 aromatic carbocycles. The Balaban J connectivity index is 2.06. The fraction of sp³-hybridized carbons (Fsp3) is 0.190. The van der Waals surface area contributed by atoms with Gasteiger partial charge in [-0.2, -0.15) is 0 Å². The summed E-state index contributed by atoms with van der Waals surface area (Å²) in [7, 11) is 0. The van der Waals surface area contributed by atoms with Crippen LogP contribution in [-0.2, 0) is 6.54 Å². The summed E-state index contributed by atoms with van der Waals surface area (Å²) in [6, 6.07) is 19.8. The van der Waals surface area contributed by atoms with Crippen LogP contribution < -0.4 is 5.63 Å². The summed E-state index contributed by atoms with van der Waals surface area (Å²) < 4.78 is 7.88. The molecule has 24 heavy (non-hydrogen) atoms. The van der Waals surface area contributed by atoms with E-state index in [4.69, 9.17) is 4.42 Å². The highest BCUT2D eigenvalue weighted by molar-refractivity contribution is 6.07. The van der Waals surface area contributed by atoms with E-state index in [0.29, 0.717) is 11.1 Å². The van der Waals surface area contributed by atoms with E-state index in [0.717, 1.165) is 41.4 Å². The molecule has 4 rings (SSSR count). The molecule has 0 spiro atoms. The van der Waals surface area contributed by atoms with Crippen molar-refractivity contribution in [1.29, 1.82) is 0 Å². The van der Waals surface area contributed by atoms with Crippen molar-refractivity contribution < 1.29 is 4.42 Å². The summed E-state index contributed by atoms with van der Waals surface area (Å²) in [5.41, 5.74) is 2.71. The van der Waals surface area contributed by atoms with Gasteiger partial charge in [0.1, 0.15) is 5.76 Å². The van der Waals surface area contributed by atoms with Crippen LogP contribution in [0.15, 0.2) is 69.9 Å². The van der Waals surface area contributed by atoms with Gasteiger partial charge in [-0.3, -0.25) is 0 Å². The Morgan fingerprint density at radius 3 is 2.50 bits per heavy atom. The largest absolute Gasteiger partial charge is 0.422 e. The lowest BCUT2D eigenvalue weighted by Gasteiger charge is -2.07. The fourth-order valence-corrected chi connectivity index (χ4v) is 3.29. The first-order valence-corrected chi connectivity index (χ1v) is 8.40. The standard InChI is InChI=1S/C21H19NO2/c1-2-3-13-22-17-12-8-7-11-16(17)20-18(22)14-19(24-21(20)23)15-9-5-4-6-10-15/h4-12,14H,2-3,13H2,1H3. The van der Waals surface area contributed by atoms with Gasteiger partial charge in [-0.1, -0.05) is 61.9 Å². The van der Waals surface area contributed by atoms with Crippen LogP contribution in [-0.4, -0.2) is 4.57 Å². The number of unbranched alkanes of at least 4 members (excludes halogenated alkanes) is 1. The molecule has 3 heteroatoms. The molecule has 0 aliphatic carbocycles. The van der Waals surface area contributed by atoms with Gasteiger partial charge in [0.05, 0.1) is 10.9 Å². The number of nitrogens with zero attached hydrogens (tertiary/aromatic N) is 1. The van der Waals surface area contributed by atoms with Crippen molar-refractivity contribution in [2.24, 2.45) is 0 Å². The fourth-order valence-electron chi connectivity index (χ4n) is 3.29. The highest BCUT2D eigenvalue weighted by Gasteiger charge is 2.16. The number of hydrogen-bond donors (Lipinski definition) is 0. The highest BCUT2D eigenvalue weighted by atomic mass is 16.4. The van der Waals surface area contributed by atoms with Crippen LogP contribution in [0.25, 0.3) is 33.1 Å². The molecule has 0 saturated heterocycles. The first-order chi connectivity index (χ1) is 11.8. The molecular formula is C21H19NO2. The smallest absolute Gasteiger partial charge is 0.346 e. The summed E-state index contributed by atoms with van der Waals surface area (Å²) in [6.07, 6.45) is 2.19. The Labute approximate surface area is 140 Å². The van der Waals surface area contributed by atoms with Crippen molar-refractivity contribution in [1.82, 2.24) is 4.57 Å². The summed E-state index contributed by atoms with van der Waals surface area (Å²) in [5, 5.41) is 1.65. The molecule has 120 valence electrons. The number of aromatic nitrogens is 1. The second kappa shape index (κ2) is 6.00. The lowest BCUT2D eigenvalue weighted by molar-refractivity contribution is 0.534. The van der Waals surface area contributed by atoms with Gasteiger partial charge in [0.2, 0.25) is 0 Å². The van der Waals surface area contributed by atoms with Crippen LogP contribution in [0.5, 0.6) is 0 Å². The third-order valence-corrected chi connectivity index (χ3v) is 4.48. The minimum Gasteiger partial charge on any atom is -0.422 e. The van der Waals surface area contributed by atoms with Crippen molar-refractivity contribution in [3.8, 4) is 11.3 Å². The third-order valence-electron chi connectivity index (χ3n) is 4.48. The Hall–Kier alpha value is -2.81. The maximum absolute atomic E-state index is 12.7. The summed E-state index contributed by atoms with van der Waals surface area (Å²) in [6.45, 7) is 3.08. The minimum absolute atomic E-state index is 0.266. The molecule has 0 aliphatic rings. The quantitative estimate of drug-likeness (QED) is 0.517. The van der Waals surface area contributed by atoms with Gasteiger partial charge in [0.25, 0.3) is 0 Å². The third kappa shape index (κ3) is 2.33. The molecule has 0 amide bonds. The van der Waals surface area contributed by atoms with E-state index in [1.165, 1.54) is 0 Å². The van der Waals surface area contributed by atoms with Crippen LogP contribution in [0.3, 0.4) is 0 Å². The average Bonchev–Trinajstić information content (AvgIpc) is 2.95. The lowest BCUT2D eigenvalue weighted by Crippen LogP contribution is -2.02. The molecule has 0 saturated carbocycles. The van der Waals surface area contributed by atoms with E-state index in [1.807, 2.05) is 54.6 Å². The average molecular weight is 317 g/mol. The number of para-hydroxylation sites is 1. The SMILES string of the molecule is CCCCn1c2ccccc2c2c(=O)oc(-c3ccccc3)cc21. The van der Waals surface area contributed by atoms with Gasteiger partial charge in [-0.05, 0) is 12.5 Å². The molecule has 0 bridgehead atoms. The van der Waals surface area contributed by atoms with Crippen LogP contribution in [0, 0.1) is 0 Å². The predicted molar refractivity (Wildman–Crippen MR) is 98.3 cm³/mol. The topological polar surface area (TPSA) is 35.1 Å². The molecule has 0 atom stereocenters. The Morgan fingerprint density at radius 1 is 0.958 bits per heavy atom. The first-order valence-electron chi connectivity index (χ1n) is 8.40. The second-order valence-electron chi connectivity index (χ2n) is 6.05. The van der Waals surface area contributed by atoms with Gasteiger partial charge in [0.15, 0.2) is 0 Å². The van der Waals surface area contributed by atoms with E-state index >= 15 is 0 Å². The molecule has 0 unspecified atom stereocenters. The molecule has 2 aromatic heterocycles. The van der Waals surface area contributed by atoms with Crippen molar-refractivity contribution in [3.05, 3.63) is 71.1 Å². The van der Waals surface area contributed by atoms with Crippen molar-refractivity contribution >= 4 is 21.8 Å². The number of hydrogen-bond acceptors (Lipinski definition) is 2. The highest BCUT2D eigenvalue weighted by Crippen LogP contribution is 2.30. The van der Waals surface area contributed by atoms with E-state index in [1.54, 1.807) is 0 Å². The zero-order valence-corrected chi connectivity index (χ0v) is 13.7. The Bertz CT molecular complexity index is 1060.